The van der Waals surface area contributed by atoms with E-state index in [2.05, 4.69) is 4.98 Å². The van der Waals surface area contributed by atoms with E-state index >= 15 is 0 Å². The number of benzene rings is 1. The zero-order valence-electron chi connectivity index (χ0n) is 18.7. The summed E-state index contributed by atoms with van der Waals surface area (Å²) in [5.74, 6) is 1.39. The normalized spacial score (nSPS) is 17.4. The van der Waals surface area contributed by atoms with E-state index in [0.29, 0.717) is 30.0 Å². The molecule has 2 aliphatic heterocycles. The van der Waals surface area contributed by atoms with Crippen molar-refractivity contribution in [1.82, 2.24) is 14.5 Å². The topological polar surface area (TPSA) is 73.7 Å². The summed E-state index contributed by atoms with van der Waals surface area (Å²) in [5.41, 5.74) is 1.76. The van der Waals surface area contributed by atoms with E-state index in [-0.39, 0.29) is 24.1 Å². The molecule has 0 aliphatic carbocycles. The summed E-state index contributed by atoms with van der Waals surface area (Å²) in [6, 6.07) is 9.94. The van der Waals surface area contributed by atoms with E-state index in [9.17, 15) is 9.59 Å². The van der Waals surface area contributed by atoms with Gasteiger partial charge in [0, 0.05) is 27.2 Å². The van der Waals surface area contributed by atoms with Gasteiger partial charge in [-0.05, 0) is 49.6 Å². The van der Waals surface area contributed by atoms with Crippen LogP contribution in [0.25, 0.3) is 20.7 Å². The second-order valence-electron chi connectivity index (χ2n) is 8.57. The van der Waals surface area contributed by atoms with Crippen LogP contribution in [-0.4, -0.2) is 40.1 Å². The number of likely N-dealkylation sites (tertiary alicyclic amines) is 1. The van der Waals surface area contributed by atoms with Gasteiger partial charge >= 0.3 is 0 Å². The van der Waals surface area contributed by atoms with Gasteiger partial charge in [-0.25, -0.2) is 4.98 Å². The minimum absolute atomic E-state index is 0.0262. The van der Waals surface area contributed by atoms with Gasteiger partial charge in [-0.3, -0.25) is 14.2 Å². The number of fused-ring (bicyclic) bond motifs is 2. The third kappa shape index (κ3) is 3.69. The van der Waals surface area contributed by atoms with E-state index in [4.69, 9.17) is 9.47 Å². The quantitative estimate of drug-likeness (QED) is 0.414. The smallest absolute Gasteiger partial charge is 0.263 e. The molecule has 1 aromatic carbocycles. The van der Waals surface area contributed by atoms with Crippen molar-refractivity contribution in [3.8, 4) is 21.9 Å². The third-order valence-corrected chi connectivity index (χ3v) is 8.32. The highest BCUT2D eigenvalue weighted by molar-refractivity contribution is 7.19. The van der Waals surface area contributed by atoms with Gasteiger partial charge in [0.25, 0.3) is 5.56 Å². The number of aromatic nitrogens is 2. The lowest BCUT2D eigenvalue weighted by Crippen LogP contribution is -2.36. The first kappa shape index (κ1) is 21.4. The van der Waals surface area contributed by atoms with Gasteiger partial charge in [-0.15, -0.1) is 22.7 Å². The maximum Gasteiger partial charge on any atom is 0.263 e. The van der Waals surface area contributed by atoms with Crippen molar-refractivity contribution in [1.29, 1.82) is 0 Å². The SMILES string of the molecule is Cc1ccc(-c2csc3ncn(CC(=O)N4CCC[C@H]4c4ccc5c(c4)OCCO5)c(=O)c23)s1. The Bertz CT molecular complexity index is 1450. The van der Waals surface area contributed by atoms with Crippen molar-refractivity contribution in [3.05, 3.63) is 62.8 Å². The second-order valence-corrected chi connectivity index (χ2v) is 10.7. The average molecular weight is 494 g/mol. The first-order valence-corrected chi connectivity index (χ1v) is 13.0. The predicted octanol–water partition coefficient (Wildman–Crippen LogP) is 4.63. The standard InChI is InChI=1S/C25H23N3O4S2/c1-15-4-7-21(34-15)17-13-33-24-23(17)25(30)27(14-26-24)12-22(29)28-8-2-3-18(28)16-5-6-19-20(11-16)32-10-9-31-19/h4-7,11,13-14,18H,2-3,8-10,12H2,1H3/t18-/m0/s1. The highest BCUT2D eigenvalue weighted by Gasteiger charge is 2.31. The number of hydrogen-bond acceptors (Lipinski definition) is 7. The first-order chi connectivity index (χ1) is 16.6. The summed E-state index contributed by atoms with van der Waals surface area (Å²) >= 11 is 3.11. The molecule has 1 atom stereocenters. The Hall–Kier alpha value is -3.17. The predicted molar refractivity (Wildman–Crippen MR) is 133 cm³/mol. The van der Waals surface area contributed by atoms with Crippen molar-refractivity contribution in [2.45, 2.75) is 32.4 Å². The van der Waals surface area contributed by atoms with E-state index in [1.54, 1.807) is 11.3 Å². The zero-order chi connectivity index (χ0) is 23.2. The number of aryl methyl sites for hydroxylation is 1. The Kier molecular flexibility index (Phi) is 5.38. The van der Waals surface area contributed by atoms with Crippen LogP contribution < -0.4 is 15.0 Å². The van der Waals surface area contributed by atoms with Crippen molar-refractivity contribution < 1.29 is 14.3 Å². The fourth-order valence-corrected chi connectivity index (χ4v) is 6.62. The molecule has 3 aromatic heterocycles. The van der Waals surface area contributed by atoms with Gasteiger partial charge < -0.3 is 14.4 Å². The molecule has 9 heteroatoms. The molecule has 2 aliphatic rings. The van der Waals surface area contributed by atoms with Crippen LogP contribution in [0.3, 0.4) is 0 Å². The summed E-state index contributed by atoms with van der Waals surface area (Å²) in [6.45, 7) is 3.76. The van der Waals surface area contributed by atoms with Crippen LogP contribution in [-0.2, 0) is 11.3 Å². The van der Waals surface area contributed by atoms with Gasteiger partial charge in [-0.1, -0.05) is 6.07 Å². The monoisotopic (exact) mass is 493 g/mol. The fourth-order valence-electron chi connectivity index (χ4n) is 4.76. The van der Waals surface area contributed by atoms with Crippen molar-refractivity contribution in [2.75, 3.05) is 19.8 Å². The highest BCUT2D eigenvalue weighted by Crippen LogP contribution is 2.38. The van der Waals surface area contributed by atoms with Gasteiger partial charge in [0.05, 0.1) is 17.8 Å². The van der Waals surface area contributed by atoms with Crippen molar-refractivity contribution >= 4 is 38.8 Å². The molecule has 0 unspecified atom stereocenters. The van der Waals surface area contributed by atoms with Gasteiger partial charge in [0.1, 0.15) is 24.6 Å². The van der Waals surface area contributed by atoms with Crippen LogP contribution in [0.1, 0.15) is 29.3 Å². The molecular formula is C25H23N3O4S2. The largest absolute Gasteiger partial charge is 0.486 e. The van der Waals surface area contributed by atoms with E-state index in [1.165, 1.54) is 27.1 Å². The minimum atomic E-state index is -0.171. The first-order valence-electron chi connectivity index (χ1n) is 11.3. The lowest BCUT2D eigenvalue weighted by molar-refractivity contribution is -0.132. The molecule has 0 radical (unpaired) electrons. The van der Waals surface area contributed by atoms with E-state index in [1.807, 2.05) is 47.5 Å². The van der Waals surface area contributed by atoms with Crippen LogP contribution in [0.15, 0.2) is 46.8 Å². The molecule has 7 nitrogen and oxygen atoms in total. The number of rotatable bonds is 4. The van der Waals surface area contributed by atoms with Crippen LogP contribution >= 0.6 is 22.7 Å². The second kappa shape index (κ2) is 8.56. The summed E-state index contributed by atoms with van der Waals surface area (Å²) < 4.78 is 12.8. The molecule has 0 bridgehead atoms. The lowest BCUT2D eigenvalue weighted by atomic mass is 10.0. The molecule has 4 aromatic rings. The molecule has 6 rings (SSSR count). The Balaban J connectivity index is 1.28. The Morgan fingerprint density at radius 3 is 2.85 bits per heavy atom. The number of carbonyl (C=O) groups excluding carboxylic acids is 1. The van der Waals surface area contributed by atoms with E-state index < -0.39 is 0 Å². The Morgan fingerprint density at radius 2 is 2.03 bits per heavy atom. The molecule has 1 saturated heterocycles. The van der Waals surface area contributed by atoms with Gasteiger partial charge in [0.15, 0.2) is 11.5 Å². The van der Waals surface area contributed by atoms with Crippen LogP contribution in [0.4, 0.5) is 0 Å². The van der Waals surface area contributed by atoms with E-state index in [0.717, 1.165) is 40.3 Å². The number of carbonyl (C=O) groups is 1. The van der Waals surface area contributed by atoms with Crippen molar-refractivity contribution in [2.24, 2.45) is 0 Å². The van der Waals surface area contributed by atoms with Gasteiger partial charge in [-0.2, -0.15) is 0 Å². The maximum absolute atomic E-state index is 13.4. The number of nitrogens with zero attached hydrogens (tertiary/aromatic N) is 3. The molecule has 174 valence electrons. The summed E-state index contributed by atoms with van der Waals surface area (Å²) in [6.07, 6.45) is 3.30. The maximum atomic E-state index is 13.4. The van der Waals surface area contributed by atoms with Crippen LogP contribution in [0.2, 0.25) is 0 Å². The Labute approximate surface area is 204 Å². The summed E-state index contributed by atoms with van der Waals surface area (Å²) in [4.78, 5) is 36.0. The molecule has 34 heavy (non-hydrogen) atoms. The molecule has 0 saturated carbocycles. The van der Waals surface area contributed by atoms with Crippen LogP contribution in [0, 0.1) is 6.92 Å². The number of amides is 1. The third-order valence-electron chi connectivity index (χ3n) is 6.40. The van der Waals surface area contributed by atoms with Gasteiger partial charge in [0.2, 0.25) is 5.91 Å². The summed E-state index contributed by atoms with van der Waals surface area (Å²) in [5, 5.41) is 2.57. The highest BCUT2D eigenvalue weighted by atomic mass is 32.1. The molecule has 1 fully saturated rings. The summed E-state index contributed by atoms with van der Waals surface area (Å²) in [7, 11) is 0. The number of thiophene rings is 2. The molecular weight excluding hydrogens is 470 g/mol. The van der Waals surface area contributed by atoms with Crippen molar-refractivity contribution in [3.63, 3.8) is 0 Å². The zero-order valence-corrected chi connectivity index (χ0v) is 20.3. The Morgan fingerprint density at radius 1 is 1.18 bits per heavy atom. The lowest BCUT2D eigenvalue weighted by Gasteiger charge is -2.27. The molecule has 1 amide bonds. The fraction of sp³-hybridized carbons (Fsp3) is 0.320. The molecule has 5 heterocycles. The number of ether oxygens (including phenoxy) is 2. The molecule has 0 N–H and O–H groups in total. The minimum Gasteiger partial charge on any atom is -0.486 e. The molecule has 0 spiro atoms. The van der Waals surface area contributed by atoms with Crippen LogP contribution in [0.5, 0.6) is 11.5 Å². The number of hydrogen-bond donors (Lipinski definition) is 0. The average Bonchev–Trinajstić information content (AvgIpc) is 3.60.